The van der Waals surface area contributed by atoms with Crippen molar-refractivity contribution in [2.24, 2.45) is 0 Å². The number of rotatable bonds is 12. The van der Waals surface area contributed by atoms with Crippen LogP contribution < -0.4 is 26.7 Å². The Morgan fingerprint density at radius 1 is 1.06 bits per heavy atom. The zero-order chi connectivity index (χ0) is 36.8. The second kappa shape index (κ2) is 13.9. The molecule has 3 N–H and O–H groups in total. The van der Waals surface area contributed by atoms with Crippen molar-refractivity contribution in [2.75, 3.05) is 11.9 Å². The van der Waals surface area contributed by atoms with Gasteiger partial charge in [0.2, 0.25) is 5.43 Å². The molecule has 1 atom stereocenters. The van der Waals surface area contributed by atoms with E-state index in [0.717, 1.165) is 36.1 Å². The molecule has 13 heteroatoms. The van der Waals surface area contributed by atoms with Crippen LogP contribution in [0.1, 0.15) is 77.8 Å². The maximum atomic E-state index is 13.9. The molecule has 3 heterocycles. The number of aromatic nitrogens is 3. The number of carboxylic acids is 1. The van der Waals surface area contributed by atoms with Crippen molar-refractivity contribution < 1.29 is 23.4 Å². The highest BCUT2D eigenvalue weighted by atomic mass is 19.3. The molecule has 1 aliphatic carbocycles. The molecule has 0 bridgehead atoms. The number of aryl methyl sites for hydroxylation is 2. The van der Waals surface area contributed by atoms with Crippen LogP contribution in [-0.4, -0.2) is 43.3 Å². The number of carboxylic acid groups (broad SMARTS) is 1. The lowest BCUT2D eigenvalue weighted by atomic mass is 9.96. The van der Waals surface area contributed by atoms with Gasteiger partial charge >= 0.3 is 18.3 Å². The third-order valence-corrected chi connectivity index (χ3v) is 10.2. The Balaban J connectivity index is 1.10. The molecule has 1 saturated carbocycles. The Labute approximate surface area is 297 Å². The average Bonchev–Trinajstić information content (AvgIpc) is 3.90. The summed E-state index contributed by atoms with van der Waals surface area (Å²) in [7, 11) is 0. The molecule has 1 aliphatic heterocycles. The second-order valence-corrected chi connectivity index (χ2v) is 13.5. The van der Waals surface area contributed by atoms with Gasteiger partial charge in [-0.1, -0.05) is 25.1 Å². The Bertz CT molecular complexity index is 2370. The van der Waals surface area contributed by atoms with Crippen LogP contribution in [-0.2, 0) is 19.5 Å². The molecule has 1 fully saturated rings. The van der Waals surface area contributed by atoms with Crippen LogP contribution in [0, 0.1) is 6.92 Å². The van der Waals surface area contributed by atoms with Gasteiger partial charge in [0.1, 0.15) is 11.4 Å². The first-order valence-corrected chi connectivity index (χ1v) is 17.4. The van der Waals surface area contributed by atoms with Gasteiger partial charge in [0.05, 0.1) is 10.9 Å². The van der Waals surface area contributed by atoms with E-state index in [2.05, 4.69) is 29.0 Å². The van der Waals surface area contributed by atoms with Gasteiger partial charge in [0, 0.05) is 55.2 Å². The standard InChI is InChI=1S/C39H39F2N5O6/c1-4-23-17-26(8-6-21(23)2)42-32-18-33(47)45(39(51)43-32)15-5-14-44-19-25-16-24(7-11-28(25)22(44)3)29-12-13-30-34(36(29)52-38(40)41)46(27-9-10-27)20-31(35(30)48)37(49)50/h6-8,11-13,16-18,20,22,27,38,42H,4-5,9-10,14-15,19H2,1-3H3,(H,43,51)(H,49,50)/t22-/m1/s1. The maximum Gasteiger partial charge on any atom is 0.387 e. The number of H-pyrrole nitrogens is 1. The van der Waals surface area contributed by atoms with Gasteiger partial charge in [0.15, 0.2) is 5.75 Å². The highest BCUT2D eigenvalue weighted by Crippen LogP contribution is 2.44. The van der Waals surface area contributed by atoms with Gasteiger partial charge in [-0.25, -0.2) is 9.59 Å². The van der Waals surface area contributed by atoms with Gasteiger partial charge in [-0.15, -0.1) is 0 Å². The zero-order valence-corrected chi connectivity index (χ0v) is 29.0. The number of hydrogen-bond acceptors (Lipinski definition) is 7. The Hall–Kier alpha value is -5.56. The fraction of sp³-hybridized carbons (Fsp3) is 0.333. The first-order valence-electron chi connectivity index (χ1n) is 17.4. The number of fused-ring (bicyclic) bond motifs is 2. The van der Waals surface area contributed by atoms with Crippen molar-refractivity contribution in [2.45, 2.75) is 78.2 Å². The molecule has 0 saturated heterocycles. The monoisotopic (exact) mass is 711 g/mol. The number of carbonyl (C=O) groups is 1. The molecule has 5 aromatic rings. The summed E-state index contributed by atoms with van der Waals surface area (Å²) in [5.74, 6) is -1.23. The smallest absolute Gasteiger partial charge is 0.387 e. The summed E-state index contributed by atoms with van der Waals surface area (Å²) >= 11 is 0. The fourth-order valence-corrected chi connectivity index (χ4v) is 7.31. The van der Waals surface area contributed by atoms with E-state index in [-0.39, 0.29) is 35.3 Å². The first kappa shape index (κ1) is 34.9. The highest BCUT2D eigenvalue weighted by Gasteiger charge is 2.31. The second-order valence-electron chi connectivity index (χ2n) is 13.5. The lowest BCUT2D eigenvalue weighted by Crippen LogP contribution is -2.36. The van der Waals surface area contributed by atoms with Crippen molar-refractivity contribution in [3.05, 3.63) is 120 Å². The van der Waals surface area contributed by atoms with Crippen molar-refractivity contribution in [1.82, 2.24) is 19.0 Å². The molecule has 2 aromatic heterocycles. The number of aromatic carboxylic acids is 1. The molecule has 52 heavy (non-hydrogen) atoms. The molecule has 11 nitrogen and oxygen atoms in total. The van der Waals surface area contributed by atoms with E-state index in [4.69, 9.17) is 4.74 Å². The summed E-state index contributed by atoms with van der Waals surface area (Å²) < 4.78 is 35.7. The molecule has 0 unspecified atom stereocenters. The molecule has 7 rings (SSSR count). The number of anilines is 2. The Morgan fingerprint density at radius 2 is 1.85 bits per heavy atom. The molecule has 0 amide bonds. The van der Waals surface area contributed by atoms with Gasteiger partial charge in [-0.3, -0.25) is 24.0 Å². The fourth-order valence-electron chi connectivity index (χ4n) is 7.31. The largest absolute Gasteiger partial charge is 0.477 e. The normalized spacial score (nSPS) is 15.7. The van der Waals surface area contributed by atoms with Crippen molar-refractivity contribution in [3.63, 3.8) is 0 Å². The summed E-state index contributed by atoms with van der Waals surface area (Å²) in [6.45, 7) is 4.37. The highest BCUT2D eigenvalue weighted by molar-refractivity contribution is 5.97. The summed E-state index contributed by atoms with van der Waals surface area (Å²) in [6, 6.07) is 15.9. The summed E-state index contributed by atoms with van der Waals surface area (Å²) in [6.07, 6.45) is 4.08. The number of nitrogens with one attached hydrogen (secondary N) is 2. The van der Waals surface area contributed by atoms with Crippen LogP contribution in [0.2, 0.25) is 0 Å². The van der Waals surface area contributed by atoms with E-state index < -0.39 is 34.8 Å². The number of nitrogens with zero attached hydrogens (tertiary/aromatic N) is 3. The van der Waals surface area contributed by atoms with Gasteiger partial charge in [-0.2, -0.15) is 8.78 Å². The van der Waals surface area contributed by atoms with E-state index in [0.29, 0.717) is 36.5 Å². The average molecular weight is 712 g/mol. The minimum atomic E-state index is -3.18. The van der Waals surface area contributed by atoms with Crippen LogP contribution in [0.15, 0.2) is 75.2 Å². The predicted molar refractivity (Wildman–Crippen MR) is 194 cm³/mol. The molecule has 0 radical (unpaired) electrons. The number of halogens is 2. The van der Waals surface area contributed by atoms with E-state index in [9.17, 15) is 33.1 Å². The van der Waals surface area contributed by atoms with Gasteiger partial charge < -0.3 is 19.7 Å². The van der Waals surface area contributed by atoms with Crippen LogP contribution in [0.3, 0.4) is 0 Å². The van der Waals surface area contributed by atoms with E-state index in [1.165, 1.54) is 40.1 Å². The number of aromatic amines is 1. The molecule has 0 spiro atoms. The quantitative estimate of drug-likeness (QED) is 0.130. The molecular formula is C39H39F2N5O6. The molecule has 270 valence electrons. The number of hydrogen-bond donors (Lipinski definition) is 3. The van der Waals surface area contributed by atoms with Crippen LogP contribution in [0.4, 0.5) is 20.3 Å². The van der Waals surface area contributed by atoms with Gasteiger partial charge in [-0.05, 0) is 97.7 Å². The first-order chi connectivity index (χ1) is 24.9. The summed E-state index contributed by atoms with van der Waals surface area (Å²) in [4.78, 5) is 55.8. The molecular weight excluding hydrogens is 672 g/mol. The lowest BCUT2D eigenvalue weighted by molar-refractivity contribution is -0.0486. The van der Waals surface area contributed by atoms with Gasteiger partial charge in [0.25, 0.3) is 5.56 Å². The Morgan fingerprint density at radius 3 is 2.54 bits per heavy atom. The number of pyridine rings is 1. The van der Waals surface area contributed by atoms with Crippen molar-refractivity contribution in [1.29, 1.82) is 0 Å². The topological polar surface area (TPSA) is 139 Å². The Kier molecular flexibility index (Phi) is 9.30. The minimum absolute atomic E-state index is 0.00725. The van der Waals surface area contributed by atoms with Crippen molar-refractivity contribution in [3.8, 4) is 16.9 Å². The molecule has 3 aromatic carbocycles. The minimum Gasteiger partial charge on any atom is -0.477 e. The number of benzene rings is 3. The van der Waals surface area contributed by atoms with E-state index in [1.807, 2.05) is 43.3 Å². The predicted octanol–water partition coefficient (Wildman–Crippen LogP) is 6.73. The van der Waals surface area contributed by atoms with E-state index >= 15 is 0 Å². The SMILES string of the molecule is CCc1cc(Nc2cc(=O)n(CCCN3Cc4cc(-c5ccc6c(=O)c(C(=O)O)cn(C7CC7)c6c5OC(F)F)ccc4[C@H]3C)c(=O)[nH]2)ccc1C. The van der Waals surface area contributed by atoms with Crippen LogP contribution >= 0.6 is 0 Å². The third kappa shape index (κ3) is 6.63. The molecule has 2 aliphatic rings. The number of ether oxygens (including phenoxy) is 1. The van der Waals surface area contributed by atoms with Crippen LogP contribution in [0.5, 0.6) is 5.75 Å². The summed E-state index contributed by atoms with van der Waals surface area (Å²) in [5, 5.41) is 12.8. The van der Waals surface area contributed by atoms with E-state index in [1.54, 1.807) is 4.57 Å². The number of alkyl halides is 2. The maximum absolute atomic E-state index is 13.9. The van der Waals surface area contributed by atoms with Crippen LogP contribution in [0.25, 0.3) is 22.0 Å². The third-order valence-electron chi connectivity index (χ3n) is 10.2. The van der Waals surface area contributed by atoms with Crippen molar-refractivity contribution >= 4 is 28.4 Å². The lowest BCUT2D eigenvalue weighted by Gasteiger charge is -2.21. The summed E-state index contributed by atoms with van der Waals surface area (Å²) in [5.41, 5.74) is 4.24. The zero-order valence-electron chi connectivity index (χ0n) is 29.0.